The van der Waals surface area contributed by atoms with Crippen LogP contribution in [-0.2, 0) is 13.5 Å². The first-order chi connectivity index (χ1) is 7.45. The number of aromatic nitrogens is 3. The normalized spacial score (nSPS) is 13.8. The Balaban J connectivity index is 2.91. The highest BCUT2D eigenvalue weighted by Gasteiger charge is 2.20. The number of hydrogen-bond donors (Lipinski definition) is 1. The Kier molecular flexibility index (Phi) is 4.47. The summed E-state index contributed by atoms with van der Waals surface area (Å²) in [5, 5.41) is 4.45. The minimum Gasteiger partial charge on any atom is -0.330 e. The molecule has 0 amide bonds. The molecule has 4 heteroatoms. The van der Waals surface area contributed by atoms with Crippen LogP contribution in [0, 0.1) is 11.8 Å². The number of nitrogens with zero attached hydrogens (tertiary/aromatic N) is 3. The minimum atomic E-state index is 0.304. The highest BCUT2D eigenvalue weighted by molar-refractivity contribution is 5.02. The van der Waals surface area contributed by atoms with Gasteiger partial charge in [-0.3, -0.25) is 4.68 Å². The van der Waals surface area contributed by atoms with E-state index in [1.807, 2.05) is 11.7 Å². The van der Waals surface area contributed by atoms with E-state index in [4.69, 9.17) is 5.73 Å². The fourth-order valence-electron chi connectivity index (χ4n) is 1.90. The molecule has 2 N–H and O–H groups in total. The summed E-state index contributed by atoms with van der Waals surface area (Å²) in [5.41, 5.74) is 5.80. The molecule has 1 atom stereocenters. The van der Waals surface area contributed by atoms with Gasteiger partial charge in [0.05, 0.1) is 0 Å². The fourth-order valence-corrected chi connectivity index (χ4v) is 1.90. The van der Waals surface area contributed by atoms with Crippen LogP contribution in [0.2, 0.25) is 0 Å². The van der Waals surface area contributed by atoms with Gasteiger partial charge in [-0.1, -0.05) is 27.7 Å². The van der Waals surface area contributed by atoms with Gasteiger partial charge in [0, 0.05) is 25.9 Å². The molecule has 16 heavy (non-hydrogen) atoms. The van der Waals surface area contributed by atoms with Crippen molar-refractivity contribution in [1.29, 1.82) is 0 Å². The Morgan fingerprint density at radius 2 is 1.88 bits per heavy atom. The zero-order valence-electron chi connectivity index (χ0n) is 11.1. The molecule has 0 saturated carbocycles. The van der Waals surface area contributed by atoms with E-state index in [-0.39, 0.29) is 0 Å². The standard InChI is InChI=1S/C12H24N4/c1-8(2)6-11-14-12(16(5)15-11)10(7-13)9(3)4/h8-10H,6-7,13H2,1-5H3. The summed E-state index contributed by atoms with van der Waals surface area (Å²) in [6.45, 7) is 9.34. The van der Waals surface area contributed by atoms with Gasteiger partial charge in [0.1, 0.15) is 5.82 Å². The van der Waals surface area contributed by atoms with Crippen molar-refractivity contribution in [3.63, 3.8) is 0 Å². The van der Waals surface area contributed by atoms with Crippen molar-refractivity contribution < 1.29 is 0 Å². The van der Waals surface area contributed by atoms with Gasteiger partial charge in [0.15, 0.2) is 5.82 Å². The van der Waals surface area contributed by atoms with E-state index < -0.39 is 0 Å². The molecule has 0 aliphatic carbocycles. The lowest BCUT2D eigenvalue weighted by Gasteiger charge is -2.17. The molecule has 0 saturated heterocycles. The average molecular weight is 224 g/mol. The molecule has 4 nitrogen and oxygen atoms in total. The maximum absolute atomic E-state index is 5.80. The molecule has 92 valence electrons. The molecular formula is C12H24N4. The van der Waals surface area contributed by atoms with E-state index >= 15 is 0 Å². The molecule has 1 unspecified atom stereocenters. The van der Waals surface area contributed by atoms with Gasteiger partial charge in [-0.15, -0.1) is 0 Å². The second-order valence-corrected chi connectivity index (χ2v) is 5.19. The summed E-state index contributed by atoms with van der Waals surface area (Å²) in [5.74, 6) is 3.35. The maximum atomic E-state index is 5.80. The van der Waals surface area contributed by atoms with Crippen molar-refractivity contribution in [2.45, 2.75) is 40.0 Å². The van der Waals surface area contributed by atoms with Gasteiger partial charge in [-0.2, -0.15) is 5.10 Å². The van der Waals surface area contributed by atoms with Crippen molar-refractivity contribution in [1.82, 2.24) is 14.8 Å². The zero-order chi connectivity index (χ0) is 12.3. The predicted molar refractivity (Wildman–Crippen MR) is 66.2 cm³/mol. The molecule has 0 fully saturated rings. The molecular weight excluding hydrogens is 200 g/mol. The van der Waals surface area contributed by atoms with Gasteiger partial charge in [-0.25, -0.2) is 4.98 Å². The smallest absolute Gasteiger partial charge is 0.151 e. The molecule has 1 rings (SSSR count). The van der Waals surface area contributed by atoms with E-state index in [1.54, 1.807) is 0 Å². The second kappa shape index (κ2) is 5.43. The Morgan fingerprint density at radius 1 is 1.25 bits per heavy atom. The summed E-state index contributed by atoms with van der Waals surface area (Å²) in [6, 6.07) is 0. The molecule has 1 heterocycles. The fraction of sp³-hybridized carbons (Fsp3) is 0.833. The van der Waals surface area contributed by atoms with Crippen LogP contribution in [0.5, 0.6) is 0 Å². The van der Waals surface area contributed by atoms with Crippen LogP contribution in [0.25, 0.3) is 0 Å². The lowest BCUT2D eigenvalue weighted by atomic mass is 9.95. The molecule has 0 aliphatic rings. The molecule has 0 bridgehead atoms. The SMILES string of the molecule is CC(C)Cc1nc(C(CN)C(C)C)n(C)n1. The van der Waals surface area contributed by atoms with Gasteiger partial charge >= 0.3 is 0 Å². The molecule has 1 aromatic rings. The highest BCUT2D eigenvalue weighted by atomic mass is 15.3. The lowest BCUT2D eigenvalue weighted by Crippen LogP contribution is -2.21. The maximum Gasteiger partial charge on any atom is 0.151 e. The van der Waals surface area contributed by atoms with Crippen molar-refractivity contribution in [2.24, 2.45) is 24.6 Å². The largest absolute Gasteiger partial charge is 0.330 e. The zero-order valence-corrected chi connectivity index (χ0v) is 11.1. The Bertz CT molecular complexity index is 328. The van der Waals surface area contributed by atoms with Crippen LogP contribution < -0.4 is 5.73 Å². The molecule has 0 radical (unpaired) electrons. The van der Waals surface area contributed by atoms with Crippen LogP contribution >= 0.6 is 0 Å². The van der Waals surface area contributed by atoms with Gasteiger partial charge in [0.25, 0.3) is 0 Å². The first kappa shape index (κ1) is 13.2. The topological polar surface area (TPSA) is 56.7 Å². The number of aryl methyl sites for hydroxylation is 1. The quantitative estimate of drug-likeness (QED) is 0.828. The third-order valence-corrected chi connectivity index (χ3v) is 2.82. The van der Waals surface area contributed by atoms with Crippen molar-refractivity contribution >= 4 is 0 Å². The van der Waals surface area contributed by atoms with Crippen LogP contribution in [0.1, 0.15) is 45.3 Å². The Labute approximate surface area is 98.2 Å². The highest BCUT2D eigenvalue weighted by Crippen LogP contribution is 2.21. The molecule has 1 aromatic heterocycles. The second-order valence-electron chi connectivity index (χ2n) is 5.19. The predicted octanol–water partition coefficient (Wildman–Crippen LogP) is 1.71. The van der Waals surface area contributed by atoms with E-state index in [9.17, 15) is 0 Å². The Morgan fingerprint density at radius 3 is 2.31 bits per heavy atom. The van der Waals surface area contributed by atoms with Crippen LogP contribution in [-0.4, -0.2) is 21.3 Å². The summed E-state index contributed by atoms with van der Waals surface area (Å²) in [4.78, 5) is 4.61. The van der Waals surface area contributed by atoms with Crippen LogP contribution in [0.4, 0.5) is 0 Å². The molecule has 0 aliphatic heterocycles. The number of nitrogens with two attached hydrogens (primary N) is 1. The van der Waals surface area contributed by atoms with Crippen molar-refractivity contribution in [3.8, 4) is 0 Å². The van der Waals surface area contributed by atoms with E-state index in [0.29, 0.717) is 24.3 Å². The van der Waals surface area contributed by atoms with Gasteiger partial charge in [-0.05, 0) is 11.8 Å². The van der Waals surface area contributed by atoms with Crippen LogP contribution in [0.15, 0.2) is 0 Å². The van der Waals surface area contributed by atoms with E-state index in [1.165, 1.54) is 0 Å². The number of hydrogen-bond acceptors (Lipinski definition) is 3. The summed E-state index contributed by atoms with van der Waals surface area (Å²) < 4.78 is 1.88. The molecule has 0 spiro atoms. The number of rotatable bonds is 5. The Hall–Kier alpha value is -0.900. The monoisotopic (exact) mass is 224 g/mol. The van der Waals surface area contributed by atoms with Crippen molar-refractivity contribution in [3.05, 3.63) is 11.6 Å². The van der Waals surface area contributed by atoms with Crippen molar-refractivity contribution in [2.75, 3.05) is 6.54 Å². The lowest BCUT2D eigenvalue weighted by molar-refractivity contribution is 0.464. The first-order valence-electron chi connectivity index (χ1n) is 6.05. The first-order valence-corrected chi connectivity index (χ1v) is 6.05. The van der Waals surface area contributed by atoms with E-state index in [0.717, 1.165) is 18.1 Å². The van der Waals surface area contributed by atoms with Gasteiger partial charge < -0.3 is 5.73 Å². The van der Waals surface area contributed by atoms with Gasteiger partial charge in [0.2, 0.25) is 0 Å². The van der Waals surface area contributed by atoms with E-state index in [2.05, 4.69) is 37.8 Å². The third kappa shape index (κ3) is 3.04. The summed E-state index contributed by atoms with van der Waals surface area (Å²) in [7, 11) is 1.96. The van der Waals surface area contributed by atoms with Crippen LogP contribution in [0.3, 0.4) is 0 Å². The molecule has 0 aromatic carbocycles. The average Bonchev–Trinajstić information content (AvgIpc) is 2.46. The summed E-state index contributed by atoms with van der Waals surface area (Å²) >= 11 is 0. The third-order valence-electron chi connectivity index (χ3n) is 2.82. The summed E-state index contributed by atoms with van der Waals surface area (Å²) in [6.07, 6.45) is 0.934. The minimum absolute atomic E-state index is 0.304.